The number of fused-ring (bicyclic) bond motifs is 5. The van der Waals surface area contributed by atoms with Gasteiger partial charge in [-0.15, -0.1) is 6.58 Å². The zero-order valence-corrected chi connectivity index (χ0v) is 14.8. The molecule has 0 aromatic rings. The standard InChI is InChI=1S/C21H32O2/c1-4-21(23)12-11-19(2)14(13-21)5-6-15-16-7-8-18(22)20(16,3)10-9-17(15)19/h4,14-17,23H,1,5-13H2,2-3H3/t14-,15-,16-,17-,19-,20-,21-/m0/s1. The Kier molecular flexibility index (Phi) is 3.41. The van der Waals surface area contributed by atoms with Crippen molar-refractivity contribution in [3.63, 3.8) is 0 Å². The van der Waals surface area contributed by atoms with Gasteiger partial charge in [0, 0.05) is 11.8 Å². The van der Waals surface area contributed by atoms with Crippen LogP contribution >= 0.6 is 0 Å². The summed E-state index contributed by atoms with van der Waals surface area (Å²) in [5, 5.41) is 10.7. The first-order valence-electron chi connectivity index (χ1n) is 9.72. The first-order chi connectivity index (χ1) is 10.8. The molecule has 4 aliphatic rings. The number of carbonyl (C=O) groups is 1. The van der Waals surface area contributed by atoms with E-state index in [0.29, 0.717) is 23.0 Å². The minimum atomic E-state index is -0.635. The maximum Gasteiger partial charge on any atom is 0.139 e. The molecule has 0 bridgehead atoms. The van der Waals surface area contributed by atoms with Crippen LogP contribution in [0.25, 0.3) is 0 Å². The molecule has 4 saturated carbocycles. The monoisotopic (exact) mass is 316 g/mol. The number of aliphatic hydroxyl groups is 1. The molecule has 0 unspecified atom stereocenters. The number of rotatable bonds is 1. The molecule has 0 aromatic carbocycles. The van der Waals surface area contributed by atoms with Crippen molar-refractivity contribution in [2.45, 2.75) is 77.2 Å². The van der Waals surface area contributed by atoms with Gasteiger partial charge in [0.15, 0.2) is 0 Å². The van der Waals surface area contributed by atoms with Gasteiger partial charge in [-0.2, -0.15) is 0 Å². The molecule has 0 radical (unpaired) electrons. The van der Waals surface area contributed by atoms with Crippen molar-refractivity contribution in [3.8, 4) is 0 Å². The summed E-state index contributed by atoms with van der Waals surface area (Å²) in [4.78, 5) is 12.4. The van der Waals surface area contributed by atoms with E-state index in [9.17, 15) is 9.90 Å². The van der Waals surface area contributed by atoms with Gasteiger partial charge in [-0.3, -0.25) is 4.79 Å². The lowest BCUT2D eigenvalue weighted by Crippen LogP contribution is -2.55. The van der Waals surface area contributed by atoms with Crippen LogP contribution in [0.1, 0.15) is 71.6 Å². The molecule has 7 atom stereocenters. The molecular weight excluding hydrogens is 284 g/mol. The van der Waals surface area contributed by atoms with E-state index in [1.807, 2.05) is 0 Å². The number of carbonyl (C=O) groups excluding carboxylic acids is 1. The van der Waals surface area contributed by atoms with Gasteiger partial charge in [-0.05, 0) is 80.5 Å². The Bertz CT molecular complexity index is 540. The predicted octanol–water partition coefficient (Wildman–Crippen LogP) is 4.52. The van der Waals surface area contributed by atoms with Crippen molar-refractivity contribution < 1.29 is 9.90 Å². The van der Waals surface area contributed by atoms with Crippen LogP contribution in [0.5, 0.6) is 0 Å². The van der Waals surface area contributed by atoms with Crippen molar-refractivity contribution >= 4 is 5.78 Å². The van der Waals surface area contributed by atoms with Crippen LogP contribution in [0.3, 0.4) is 0 Å². The van der Waals surface area contributed by atoms with E-state index >= 15 is 0 Å². The Balaban J connectivity index is 1.62. The molecule has 4 aliphatic carbocycles. The van der Waals surface area contributed by atoms with Crippen molar-refractivity contribution in [2.24, 2.45) is 34.5 Å². The van der Waals surface area contributed by atoms with E-state index in [4.69, 9.17) is 0 Å². The molecule has 0 aliphatic heterocycles. The highest BCUT2D eigenvalue weighted by molar-refractivity contribution is 5.87. The van der Waals surface area contributed by atoms with E-state index in [1.54, 1.807) is 6.08 Å². The largest absolute Gasteiger partial charge is 0.386 e. The van der Waals surface area contributed by atoms with Crippen LogP contribution in [0.2, 0.25) is 0 Å². The summed E-state index contributed by atoms with van der Waals surface area (Å²) in [6.07, 6.45) is 11.5. The fourth-order valence-corrected chi connectivity index (χ4v) is 7.23. The zero-order chi connectivity index (χ0) is 16.5. The van der Waals surface area contributed by atoms with Crippen molar-refractivity contribution in [2.75, 3.05) is 0 Å². The van der Waals surface area contributed by atoms with Gasteiger partial charge in [-0.25, -0.2) is 0 Å². The molecule has 2 nitrogen and oxygen atoms in total. The second-order valence-corrected chi connectivity index (χ2v) is 9.59. The van der Waals surface area contributed by atoms with E-state index in [-0.39, 0.29) is 5.41 Å². The summed E-state index contributed by atoms with van der Waals surface area (Å²) in [6.45, 7) is 8.63. The Morgan fingerprint density at radius 2 is 1.87 bits per heavy atom. The fraction of sp³-hybridized carbons (Fsp3) is 0.857. The second-order valence-electron chi connectivity index (χ2n) is 9.59. The quantitative estimate of drug-likeness (QED) is 0.722. The summed E-state index contributed by atoms with van der Waals surface area (Å²) in [6, 6.07) is 0. The highest BCUT2D eigenvalue weighted by atomic mass is 16.3. The smallest absolute Gasteiger partial charge is 0.139 e. The van der Waals surface area contributed by atoms with Crippen LogP contribution in [0, 0.1) is 34.5 Å². The fourth-order valence-electron chi connectivity index (χ4n) is 7.23. The van der Waals surface area contributed by atoms with Crippen LogP contribution < -0.4 is 0 Å². The molecule has 23 heavy (non-hydrogen) atoms. The number of ketones is 1. The molecule has 1 N–H and O–H groups in total. The third-order valence-corrected chi connectivity index (χ3v) is 8.85. The van der Waals surface area contributed by atoms with Crippen molar-refractivity contribution in [1.29, 1.82) is 0 Å². The number of hydrogen-bond donors (Lipinski definition) is 1. The maximum absolute atomic E-state index is 12.4. The topological polar surface area (TPSA) is 37.3 Å². The Hall–Kier alpha value is -0.630. The average Bonchev–Trinajstić information content (AvgIpc) is 2.84. The third-order valence-electron chi connectivity index (χ3n) is 8.85. The summed E-state index contributed by atoms with van der Waals surface area (Å²) in [7, 11) is 0. The maximum atomic E-state index is 12.4. The van der Waals surface area contributed by atoms with E-state index in [1.165, 1.54) is 19.3 Å². The molecule has 0 aromatic heterocycles. The summed E-state index contributed by atoms with van der Waals surface area (Å²) >= 11 is 0. The van der Waals surface area contributed by atoms with Crippen LogP contribution in [-0.4, -0.2) is 16.5 Å². The molecule has 0 amide bonds. The first-order valence-corrected chi connectivity index (χ1v) is 9.72. The third kappa shape index (κ3) is 2.06. The van der Waals surface area contributed by atoms with Gasteiger partial charge in [-0.1, -0.05) is 19.9 Å². The summed E-state index contributed by atoms with van der Waals surface area (Å²) < 4.78 is 0. The number of Topliss-reactive ketones (excluding diaryl/α,β-unsaturated/α-hetero) is 1. The summed E-state index contributed by atoms with van der Waals surface area (Å²) in [5.74, 6) is 3.31. The molecule has 0 spiro atoms. The van der Waals surface area contributed by atoms with E-state index < -0.39 is 5.60 Å². The van der Waals surface area contributed by atoms with Gasteiger partial charge in [0.1, 0.15) is 5.78 Å². The Morgan fingerprint density at radius 1 is 1.09 bits per heavy atom. The van der Waals surface area contributed by atoms with Gasteiger partial charge in [0.05, 0.1) is 5.60 Å². The van der Waals surface area contributed by atoms with E-state index in [0.717, 1.165) is 50.4 Å². The molecule has 4 fully saturated rings. The van der Waals surface area contributed by atoms with Crippen LogP contribution in [0.15, 0.2) is 12.7 Å². The lowest BCUT2D eigenvalue weighted by atomic mass is 9.44. The molecule has 0 saturated heterocycles. The van der Waals surface area contributed by atoms with Crippen LogP contribution in [0.4, 0.5) is 0 Å². The lowest BCUT2D eigenvalue weighted by molar-refractivity contribution is -0.147. The minimum absolute atomic E-state index is 0.0130. The molecule has 0 heterocycles. The second kappa shape index (κ2) is 4.94. The molecule has 4 rings (SSSR count). The normalized spacial score (nSPS) is 55.7. The molecule has 2 heteroatoms. The van der Waals surface area contributed by atoms with Crippen molar-refractivity contribution in [3.05, 3.63) is 12.7 Å². The molecule has 128 valence electrons. The summed E-state index contributed by atoms with van der Waals surface area (Å²) in [5.41, 5.74) is -0.282. The first kappa shape index (κ1) is 15.9. The van der Waals surface area contributed by atoms with Gasteiger partial charge in [0.25, 0.3) is 0 Å². The lowest BCUT2D eigenvalue weighted by Gasteiger charge is -2.61. The predicted molar refractivity (Wildman–Crippen MR) is 91.9 cm³/mol. The van der Waals surface area contributed by atoms with E-state index in [2.05, 4.69) is 20.4 Å². The van der Waals surface area contributed by atoms with Crippen LogP contribution in [-0.2, 0) is 4.79 Å². The minimum Gasteiger partial charge on any atom is -0.386 e. The molecular formula is C21H32O2. The Labute approximate surface area is 140 Å². The van der Waals surface area contributed by atoms with Crippen molar-refractivity contribution in [1.82, 2.24) is 0 Å². The zero-order valence-electron chi connectivity index (χ0n) is 14.8. The number of hydrogen-bond acceptors (Lipinski definition) is 2. The Morgan fingerprint density at radius 3 is 2.61 bits per heavy atom. The van der Waals surface area contributed by atoms with Gasteiger partial charge >= 0.3 is 0 Å². The SMILES string of the molecule is C=C[C@]1(O)CC[C@@]2(C)[C@@H](CC[C@@H]3[C@@H]2CC[C@]2(C)C(=O)CC[C@@H]32)C1. The van der Waals surface area contributed by atoms with Gasteiger partial charge in [0.2, 0.25) is 0 Å². The highest BCUT2D eigenvalue weighted by Crippen LogP contribution is 2.66. The highest BCUT2D eigenvalue weighted by Gasteiger charge is 2.60. The average molecular weight is 316 g/mol. The van der Waals surface area contributed by atoms with Gasteiger partial charge < -0.3 is 5.11 Å².